The van der Waals surface area contributed by atoms with Gasteiger partial charge in [0.05, 0.1) is 10.6 Å². The third kappa shape index (κ3) is 4.83. The molecular formula is C18H18N4O3S2. The van der Waals surface area contributed by atoms with Crippen molar-refractivity contribution in [3.63, 3.8) is 0 Å². The summed E-state index contributed by atoms with van der Waals surface area (Å²) in [5.41, 5.74) is 2.14. The van der Waals surface area contributed by atoms with Crippen LogP contribution in [-0.2, 0) is 10.0 Å². The summed E-state index contributed by atoms with van der Waals surface area (Å²) in [6.07, 6.45) is 0. The van der Waals surface area contributed by atoms with Gasteiger partial charge in [-0.05, 0) is 38.1 Å². The normalized spacial score (nSPS) is 11.0. The highest BCUT2D eigenvalue weighted by Crippen LogP contribution is 2.29. The predicted octanol–water partition coefficient (Wildman–Crippen LogP) is 4.20. The summed E-state index contributed by atoms with van der Waals surface area (Å²) in [4.78, 5) is 16.4. The number of hydrogen-bond acceptors (Lipinski definition) is 5. The maximum absolute atomic E-state index is 12.5. The number of hydrogen-bond donors (Lipinski definition) is 3. The smallest absolute Gasteiger partial charge is 0.308 e. The third-order valence-corrected chi connectivity index (χ3v) is 6.08. The van der Waals surface area contributed by atoms with Crippen LogP contribution in [0.2, 0.25) is 0 Å². The molecule has 7 nitrogen and oxygen atoms in total. The van der Waals surface area contributed by atoms with Crippen LogP contribution >= 0.6 is 11.3 Å². The molecule has 3 aromatic rings. The number of rotatable bonds is 5. The maximum atomic E-state index is 12.5. The lowest BCUT2D eigenvalue weighted by atomic mass is 10.2. The van der Waals surface area contributed by atoms with E-state index < -0.39 is 16.1 Å². The molecule has 2 aromatic carbocycles. The lowest BCUT2D eigenvalue weighted by molar-refractivity contribution is 0.262. The highest BCUT2D eigenvalue weighted by Gasteiger charge is 2.18. The van der Waals surface area contributed by atoms with E-state index in [4.69, 9.17) is 0 Å². The van der Waals surface area contributed by atoms with Gasteiger partial charge in [-0.15, -0.1) is 0 Å². The van der Waals surface area contributed by atoms with Crippen molar-refractivity contribution in [3.8, 4) is 0 Å². The van der Waals surface area contributed by atoms with Crippen molar-refractivity contribution in [1.29, 1.82) is 0 Å². The number of nitrogens with zero attached hydrogens (tertiary/aromatic N) is 1. The standard InChI is InChI=1S/C18H18N4O3S2/c1-12-8-10-15(11-9-12)27(24,25)22-18-19-13(2)16(26-18)21-17(23)20-14-6-4-3-5-7-14/h3-11H,1-2H3,(H,19,22)(H2,20,21,23). The van der Waals surface area contributed by atoms with Crippen LogP contribution in [0.1, 0.15) is 11.3 Å². The van der Waals surface area contributed by atoms with Gasteiger partial charge in [0.2, 0.25) is 0 Å². The lowest BCUT2D eigenvalue weighted by Crippen LogP contribution is -2.19. The van der Waals surface area contributed by atoms with Crippen molar-refractivity contribution in [2.45, 2.75) is 18.7 Å². The Bertz CT molecular complexity index is 1050. The van der Waals surface area contributed by atoms with Gasteiger partial charge < -0.3 is 5.32 Å². The van der Waals surface area contributed by atoms with Gasteiger partial charge in [-0.25, -0.2) is 18.2 Å². The second-order valence-electron chi connectivity index (χ2n) is 5.80. The topological polar surface area (TPSA) is 100 Å². The minimum Gasteiger partial charge on any atom is -0.308 e. The molecule has 1 aromatic heterocycles. The Morgan fingerprint density at radius 3 is 2.30 bits per heavy atom. The first kappa shape index (κ1) is 18.9. The Balaban J connectivity index is 1.70. The van der Waals surface area contributed by atoms with Crippen LogP contribution in [0.4, 0.5) is 20.6 Å². The van der Waals surface area contributed by atoms with E-state index in [1.165, 1.54) is 12.1 Å². The molecule has 140 valence electrons. The van der Waals surface area contributed by atoms with Gasteiger partial charge in [0, 0.05) is 5.69 Å². The van der Waals surface area contributed by atoms with Crippen molar-refractivity contribution in [2.75, 3.05) is 15.4 Å². The molecule has 1 heterocycles. The second kappa shape index (κ2) is 7.77. The largest absolute Gasteiger partial charge is 0.324 e. The molecule has 0 fully saturated rings. The average Bonchev–Trinajstić information content (AvgIpc) is 2.94. The number of carbonyl (C=O) groups is 1. The fraction of sp³-hybridized carbons (Fsp3) is 0.111. The fourth-order valence-corrected chi connectivity index (χ4v) is 4.33. The number of sulfonamides is 1. The molecule has 9 heteroatoms. The Hall–Kier alpha value is -2.91. The van der Waals surface area contributed by atoms with E-state index in [9.17, 15) is 13.2 Å². The van der Waals surface area contributed by atoms with E-state index in [1.54, 1.807) is 31.2 Å². The first-order chi connectivity index (χ1) is 12.8. The van der Waals surface area contributed by atoms with Crippen LogP contribution in [0.5, 0.6) is 0 Å². The quantitative estimate of drug-likeness (QED) is 0.595. The van der Waals surface area contributed by atoms with Gasteiger partial charge in [-0.2, -0.15) is 0 Å². The number of para-hydroxylation sites is 1. The molecule has 3 rings (SSSR count). The van der Waals surface area contributed by atoms with E-state index >= 15 is 0 Å². The predicted molar refractivity (Wildman–Crippen MR) is 108 cm³/mol. The number of amides is 2. The fourth-order valence-electron chi connectivity index (χ4n) is 2.23. The Labute approximate surface area is 161 Å². The lowest BCUT2D eigenvalue weighted by Gasteiger charge is -2.06. The first-order valence-electron chi connectivity index (χ1n) is 8.03. The number of carbonyl (C=O) groups excluding carboxylic acids is 1. The van der Waals surface area contributed by atoms with E-state index in [-0.39, 0.29) is 10.0 Å². The van der Waals surface area contributed by atoms with Crippen molar-refractivity contribution in [3.05, 3.63) is 65.9 Å². The number of urea groups is 1. The molecule has 0 unspecified atom stereocenters. The van der Waals surface area contributed by atoms with Crippen molar-refractivity contribution in [1.82, 2.24) is 4.98 Å². The van der Waals surface area contributed by atoms with E-state index in [1.807, 2.05) is 25.1 Å². The number of thiazole rings is 1. The molecule has 0 bridgehead atoms. The highest BCUT2D eigenvalue weighted by atomic mass is 32.2. The molecule has 0 aliphatic carbocycles. The average molecular weight is 403 g/mol. The molecule has 0 aliphatic rings. The molecule has 3 N–H and O–H groups in total. The molecule has 0 saturated heterocycles. The van der Waals surface area contributed by atoms with Gasteiger partial charge in [0.25, 0.3) is 10.0 Å². The third-order valence-electron chi connectivity index (χ3n) is 3.61. The summed E-state index contributed by atoms with van der Waals surface area (Å²) >= 11 is 1.05. The van der Waals surface area contributed by atoms with Gasteiger partial charge >= 0.3 is 6.03 Å². The van der Waals surface area contributed by atoms with Crippen LogP contribution in [0, 0.1) is 13.8 Å². The molecule has 0 spiro atoms. The molecule has 0 atom stereocenters. The van der Waals surface area contributed by atoms with Crippen LogP contribution in [0.3, 0.4) is 0 Å². The summed E-state index contributed by atoms with van der Waals surface area (Å²) < 4.78 is 27.4. The molecule has 0 aliphatic heterocycles. The Morgan fingerprint density at radius 2 is 1.63 bits per heavy atom. The van der Waals surface area contributed by atoms with Gasteiger partial charge in [-0.1, -0.05) is 47.2 Å². The number of aromatic nitrogens is 1. The van der Waals surface area contributed by atoms with E-state index in [0.717, 1.165) is 16.9 Å². The second-order valence-corrected chi connectivity index (χ2v) is 8.48. The Morgan fingerprint density at radius 1 is 0.963 bits per heavy atom. The van der Waals surface area contributed by atoms with Crippen molar-refractivity contribution in [2.24, 2.45) is 0 Å². The van der Waals surface area contributed by atoms with Crippen LogP contribution < -0.4 is 15.4 Å². The summed E-state index contributed by atoms with van der Waals surface area (Å²) in [6, 6.07) is 15.1. The first-order valence-corrected chi connectivity index (χ1v) is 10.3. The van der Waals surface area contributed by atoms with Crippen molar-refractivity contribution >= 4 is 43.2 Å². The summed E-state index contributed by atoms with van der Waals surface area (Å²) in [6.45, 7) is 3.57. The maximum Gasteiger partial charge on any atom is 0.324 e. The number of nitrogens with one attached hydrogen (secondary N) is 3. The number of anilines is 3. The highest BCUT2D eigenvalue weighted by molar-refractivity contribution is 7.93. The van der Waals surface area contributed by atoms with Crippen LogP contribution in [0.25, 0.3) is 0 Å². The summed E-state index contributed by atoms with van der Waals surface area (Å²) in [7, 11) is -3.74. The summed E-state index contributed by atoms with van der Waals surface area (Å²) in [5.74, 6) is 0. The molecule has 0 saturated carbocycles. The van der Waals surface area contributed by atoms with Crippen LogP contribution in [-0.4, -0.2) is 19.4 Å². The van der Waals surface area contributed by atoms with E-state index in [2.05, 4.69) is 20.3 Å². The molecule has 0 radical (unpaired) electrons. The van der Waals surface area contributed by atoms with Gasteiger partial charge in [-0.3, -0.25) is 10.0 Å². The number of aryl methyl sites for hydroxylation is 2. The number of benzene rings is 2. The minimum absolute atomic E-state index is 0.150. The zero-order valence-corrected chi connectivity index (χ0v) is 16.3. The summed E-state index contributed by atoms with van der Waals surface area (Å²) in [5, 5.41) is 6.03. The zero-order valence-electron chi connectivity index (χ0n) is 14.7. The minimum atomic E-state index is -3.74. The monoisotopic (exact) mass is 402 g/mol. The Kier molecular flexibility index (Phi) is 5.43. The van der Waals surface area contributed by atoms with Gasteiger partial charge in [0.1, 0.15) is 5.00 Å². The molecule has 2 amide bonds. The van der Waals surface area contributed by atoms with Crippen molar-refractivity contribution < 1.29 is 13.2 Å². The molecule has 27 heavy (non-hydrogen) atoms. The van der Waals surface area contributed by atoms with E-state index in [0.29, 0.717) is 16.4 Å². The molecular weight excluding hydrogens is 384 g/mol. The van der Waals surface area contributed by atoms with Crippen LogP contribution in [0.15, 0.2) is 59.5 Å². The van der Waals surface area contributed by atoms with Gasteiger partial charge in [0.15, 0.2) is 5.13 Å². The SMILES string of the molecule is Cc1ccc(S(=O)(=O)Nc2nc(C)c(NC(=O)Nc3ccccc3)s2)cc1. The zero-order chi connectivity index (χ0) is 19.4.